The molecule has 1 rings (SSSR count). The highest BCUT2D eigenvalue weighted by Gasteiger charge is 2.07. The Morgan fingerprint density at radius 3 is 2.62 bits per heavy atom. The number of hydrogen-bond donors (Lipinski definition) is 1. The van der Waals surface area contributed by atoms with E-state index in [0.717, 1.165) is 0 Å². The number of carboxylic acid groups (broad SMARTS) is 1. The number of aromatic carboxylic acids is 1. The third-order valence-electron chi connectivity index (χ3n) is 1.49. The van der Waals surface area contributed by atoms with Gasteiger partial charge < -0.3 is 10.0 Å². The number of halogens is 1. The molecule has 0 aromatic carbocycles. The molecule has 0 unspecified atom stereocenters. The van der Waals surface area contributed by atoms with Gasteiger partial charge in [0, 0.05) is 14.1 Å². The number of carbonyl (C=O) groups is 1. The fraction of sp³-hybridized carbons (Fsp3) is 0.250. The molecule has 0 aliphatic carbocycles. The summed E-state index contributed by atoms with van der Waals surface area (Å²) in [5.41, 5.74) is 0.227. The molecule has 0 bridgehead atoms. The van der Waals surface area contributed by atoms with E-state index in [1.807, 2.05) is 0 Å². The molecule has 0 spiro atoms. The number of aromatic nitrogens is 1. The Hall–Kier alpha value is -1.10. The summed E-state index contributed by atoms with van der Waals surface area (Å²) < 4.78 is 0.524. The summed E-state index contributed by atoms with van der Waals surface area (Å²) in [6.07, 6.45) is 0. The second-order valence-corrected chi connectivity index (χ2v) is 3.55. The molecule has 1 heterocycles. The molecule has 0 saturated heterocycles. The Balaban J connectivity index is 3.19. The summed E-state index contributed by atoms with van der Waals surface area (Å²) in [6, 6.07) is 2.99. The van der Waals surface area contributed by atoms with Gasteiger partial charge in [0.2, 0.25) is 0 Å². The number of rotatable bonds is 2. The van der Waals surface area contributed by atoms with Crippen LogP contribution in [0.15, 0.2) is 16.7 Å². The number of hydrogen-bond acceptors (Lipinski definition) is 3. The minimum atomic E-state index is -0.953. The summed E-state index contributed by atoms with van der Waals surface area (Å²) >= 11 is 3.15. The molecular weight excluding hydrogens is 236 g/mol. The van der Waals surface area contributed by atoms with Crippen LogP contribution in [0.5, 0.6) is 0 Å². The molecule has 0 aliphatic heterocycles. The second-order valence-electron chi connectivity index (χ2n) is 2.74. The van der Waals surface area contributed by atoms with E-state index in [-0.39, 0.29) is 5.56 Å². The van der Waals surface area contributed by atoms with Crippen molar-refractivity contribution in [2.24, 2.45) is 0 Å². The highest BCUT2D eigenvalue weighted by Crippen LogP contribution is 2.16. The Bertz CT molecular complexity index is 339. The first kappa shape index (κ1) is 9.98. The standard InChI is InChI=1S/C8H9BrN2O2/c1-11(2)7-4-5(8(12)13)3-6(9)10-7/h3-4H,1-2H3,(H,12,13). The second kappa shape index (κ2) is 3.74. The van der Waals surface area contributed by atoms with Crippen LogP contribution in [0.1, 0.15) is 10.4 Å². The van der Waals surface area contributed by atoms with E-state index in [2.05, 4.69) is 20.9 Å². The zero-order valence-corrected chi connectivity index (χ0v) is 8.87. The molecule has 70 valence electrons. The van der Waals surface area contributed by atoms with E-state index in [1.54, 1.807) is 19.0 Å². The van der Waals surface area contributed by atoms with Crippen LogP contribution in [-0.2, 0) is 0 Å². The van der Waals surface area contributed by atoms with Crippen LogP contribution in [0.3, 0.4) is 0 Å². The zero-order valence-electron chi connectivity index (χ0n) is 7.28. The SMILES string of the molecule is CN(C)c1cc(C(=O)O)cc(Br)n1. The van der Waals surface area contributed by atoms with Crippen LogP contribution >= 0.6 is 15.9 Å². The van der Waals surface area contributed by atoms with E-state index in [4.69, 9.17) is 5.11 Å². The van der Waals surface area contributed by atoms with Crippen molar-refractivity contribution < 1.29 is 9.90 Å². The van der Waals surface area contributed by atoms with Crippen molar-refractivity contribution in [1.29, 1.82) is 0 Å². The lowest BCUT2D eigenvalue weighted by atomic mass is 10.2. The lowest BCUT2D eigenvalue weighted by molar-refractivity contribution is 0.0696. The van der Waals surface area contributed by atoms with Crippen molar-refractivity contribution in [3.63, 3.8) is 0 Å². The van der Waals surface area contributed by atoms with Crippen molar-refractivity contribution in [2.75, 3.05) is 19.0 Å². The maximum Gasteiger partial charge on any atom is 0.335 e. The molecule has 4 nitrogen and oxygen atoms in total. The highest BCUT2D eigenvalue weighted by atomic mass is 79.9. The van der Waals surface area contributed by atoms with Gasteiger partial charge >= 0.3 is 5.97 Å². The highest BCUT2D eigenvalue weighted by molar-refractivity contribution is 9.10. The predicted molar refractivity (Wildman–Crippen MR) is 53.2 cm³/mol. The summed E-state index contributed by atoms with van der Waals surface area (Å²) in [5.74, 6) is -0.335. The number of anilines is 1. The monoisotopic (exact) mass is 244 g/mol. The van der Waals surface area contributed by atoms with Crippen LogP contribution in [-0.4, -0.2) is 30.2 Å². The molecule has 0 amide bonds. The molecule has 0 fully saturated rings. The van der Waals surface area contributed by atoms with E-state index in [9.17, 15) is 4.79 Å². The Kier molecular flexibility index (Phi) is 2.87. The van der Waals surface area contributed by atoms with Crippen molar-refractivity contribution in [3.05, 3.63) is 22.3 Å². The lowest BCUT2D eigenvalue weighted by Gasteiger charge is -2.11. The van der Waals surface area contributed by atoms with Crippen LogP contribution in [0.2, 0.25) is 0 Å². The minimum absolute atomic E-state index is 0.227. The Morgan fingerprint density at radius 2 is 2.15 bits per heavy atom. The smallest absolute Gasteiger partial charge is 0.335 e. The number of pyridine rings is 1. The molecule has 1 aromatic heterocycles. The molecule has 13 heavy (non-hydrogen) atoms. The minimum Gasteiger partial charge on any atom is -0.478 e. The normalized spacial score (nSPS) is 9.77. The summed E-state index contributed by atoms with van der Waals surface area (Å²) in [6.45, 7) is 0. The van der Waals surface area contributed by atoms with Crippen LogP contribution in [0.25, 0.3) is 0 Å². The van der Waals surface area contributed by atoms with Gasteiger partial charge in [0.25, 0.3) is 0 Å². The molecule has 5 heteroatoms. The van der Waals surface area contributed by atoms with Crippen LogP contribution < -0.4 is 4.90 Å². The quantitative estimate of drug-likeness (QED) is 0.804. The Morgan fingerprint density at radius 1 is 1.54 bits per heavy atom. The molecule has 1 aromatic rings. The maximum absolute atomic E-state index is 10.7. The van der Waals surface area contributed by atoms with Gasteiger partial charge in [-0.3, -0.25) is 0 Å². The van der Waals surface area contributed by atoms with Gasteiger partial charge in [-0.1, -0.05) is 0 Å². The van der Waals surface area contributed by atoms with Gasteiger partial charge in [0.1, 0.15) is 10.4 Å². The molecule has 0 atom stereocenters. The van der Waals surface area contributed by atoms with Crippen LogP contribution in [0.4, 0.5) is 5.82 Å². The molecule has 0 radical (unpaired) electrons. The maximum atomic E-state index is 10.7. The van der Waals surface area contributed by atoms with Crippen LogP contribution in [0, 0.1) is 0 Å². The average Bonchev–Trinajstić information content (AvgIpc) is 2.03. The molecule has 1 N–H and O–H groups in total. The molecule has 0 saturated carbocycles. The van der Waals surface area contributed by atoms with Gasteiger partial charge in [-0.05, 0) is 28.1 Å². The third-order valence-corrected chi connectivity index (χ3v) is 1.89. The number of nitrogens with zero attached hydrogens (tertiary/aromatic N) is 2. The number of carboxylic acids is 1. The van der Waals surface area contributed by atoms with Gasteiger partial charge in [-0.2, -0.15) is 0 Å². The Labute approximate surface area is 84.3 Å². The first-order chi connectivity index (χ1) is 6.00. The zero-order chi connectivity index (χ0) is 10.0. The van der Waals surface area contributed by atoms with Gasteiger partial charge in [0.05, 0.1) is 5.56 Å². The van der Waals surface area contributed by atoms with Gasteiger partial charge in [-0.25, -0.2) is 9.78 Å². The average molecular weight is 245 g/mol. The fourth-order valence-electron chi connectivity index (χ4n) is 0.836. The summed E-state index contributed by atoms with van der Waals surface area (Å²) in [7, 11) is 3.61. The summed E-state index contributed by atoms with van der Waals surface area (Å²) in [4.78, 5) is 16.5. The summed E-state index contributed by atoms with van der Waals surface area (Å²) in [5, 5.41) is 8.75. The topological polar surface area (TPSA) is 53.4 Å². The van der Waals surface area contributed by atoms with E-state index in [0.29, 0.717) is 10.4 Å². The lowest BCUT2D eigenvalue weighted by Crippen LogP contribution is -2.12. The van der Waals surface area contributed by atoms with Crippen molar-refractivity contribution in [1.82, 2.24) is 4.98 Å². The van der Waals surface area contributed by atoms with Gasteiger partial charge in [0.15, 0.2) is 0 Å². The molecular formula is C8H9BrN2O2. The van der Waals surface area contributed by atoms with E-state index < -0.39 is 5.97 Å². The first-order valence-electron chi connectivity index (χ1n) is 3.59. The predicted octanol–water partition coefficient (Wildman–Crippen LogP) is 1.61. The van der Waals surface area contributed by atoms with E-state index in [1.165, 1.54) is 12.1 Å². The fourth-order valence-corrected chi connectivity index (χ4v) is 1.26. The first-order valence-corrected chi connectivity index (χ1v) is 4.38. The third kappa shape index (κ3) is 2.42. The van der Waals surface area contributed by atoms with Crippen molar-refractivity contribution in [3.8, 4) is 0 Å². The van der Waals surface area contributed by atoms with Gasteiger partial charge in [-0.15, -0.1) is 0 Å². The largest absolute Gasteiger partial charge is 0.478 e. The molecule has 0 aliphatic rings. The van der Waals surface area contributed by atoms with Crippen molar-refractivity contribution >= 4 is 27.7 Å². The van der Waals surface area contributed by atoms with Crippen molar-refractivity contribution in [2.45, 2.75) is 0 Å². The van der Waals surface area contributed by atoms with E-state index >= 15 is 0 Å².